The van der Waals surface area contributed by atoms with Crippen molar-refractivity contribution in [1.29, 1.82) is 0 Å². The number of carbonyl (C=O) groups is 1. The van der Waals surface area contributed by atoms with Crippen LogP contribution in [0.3, 0.4) is 0 Å². The third kappa shape index (κ3) is 5.07. The summed E-state index contributed by atoms with van der Waals surface area (Å²) in [6.45, 7) is 0.807. The lowest BCUT2D eigenvalue weighted by Crippen LogP contribution is -2.54. The molecule has 2 fully saturated rings. The highest BCUT2D eigenvalue weighted by Crippen LogP contribution is 2.56. The number of aromatic nitrogens is 1. The van der Waals surface area contributed by atoms with Crippen LogP contribution in [0.25, 0.3) is 0 Å². The Labute approximate surface area is 242 Å². The molecule has 2 aromatic carbocycles. The summed E-state index contributed by atoms with van der Waals surface area (Å²) in [7, 11) is -4.43. The van der Waals surface area contributed by atoms with Crippen LogP contribution in [0.4, 0.5) is 30.7 Å². The molecular weight excluding hydrogens is 605 g/mol. The second-order valence-corrected chi connectivity index (χ2v) is 13.2. The van der Waals surface area contributed by atoms with Crippen LogP contribution in [0.2, 0.25) is 0 Å². The van der Waals surface area contributed by atoms with Crippen LogP contribution in [0.5, 0.6) is 0 Å². The van der Waals surface area contributed by atoms with Gasteiger partial charge in [-0.05, 0) is 66.8 Å². The predicted molar refractivity (Wildman–Crippen MR) is 139 cm³/mol. The molecule has 43 heavy (non-hydrogen) atoms. The summed E-state index contributed by atoms with van der Waals surface area (Å²) >= 11 is 0. The highest BCUT2D eigenvalue weighted by atomic mass is 32.2. The van der Waals surface area contributed by atoms with E-state index in [1.54, 1.807) is 17.3 Å². The first kappa shape index (κ1) is 30.9. The molecule has 3 aromatic rings. The molecule has 0 bridgehead atoms. The molecule has 1 atom stereocenters. The van der Waals surface area contributed by atoms with Crippen molar-refractivity contribution in [1.82, 2.24) is 9.88 Å². The maximum Gasteiger partial charge on any atom is 0.430 e. The fourth-order valence-electron chi connectivity index (χ4n) is 5.99. The highest BCUT2D eigenvalue weighted by Gasteiger charge is 2.71. The molecule has 6 nitrogen and oxygen atoms in total. The molecule has 1 saturated heterocycles. The average Bonchev–Trinajstić information content (AvgIpc) is 3.42. The lowest BCUT2D eigenvalue weighted by molar-refractivity contribution is -0.376. The van der Waals surface area contributed by atoms with Crippen LogP contribution >= 0.6 is 0 Å². The number of likely N-dealkylation sites (tertiary alicyclic amines) is 1. The fourth-order valence-corrected chi connectivity index (χ4v) is 8.22. The Kier molecular flexibility index (Phi) is 7.61. The van der Waals surface area contributed by atoms with E-state index in [-0.39, 0.29) is 35.1 Å². The van der Waals surface area contributed by atoms with Crippen LogP contribution in [-0.4, -0.2) is 54.8 Å². The Hall–Kier alpha value is -3.52. The van der Waals surface area contributed by atoms with Gasteiger partial charge in [0.2, 0.25) is 5.91 Å². The Morgan fingerprint density at radius 3 is 1.98 bits per heavy atom. The Morgan fingerprint density at radius 1 is 0.884 bits per heavy atom. The number of nitrogens with zero attached hydrogens (tertiary/aromatic N) is 2. The number of halogens is 7. The molecule has 2 heterocycles. The smallest absolute Gasteiger partial charge is 0.369 e. The molecular formula is C29H25F7N2O4S. The first-order valence-corrected chi connectivity index (χ1v) is 14.7. The lowest BCUT2D eigenvalue weighted by atomic mass is 9.69. The SMILES string of the molecule is O=C(C1CC(c2ccc(C(O)(C(F)(F)F)C(F)(F)F)cc2)(S(=O)(=O)c2ccc(F)cc2)C1)N1CCC(c2ccncc2)C1. The summed E-state index contributed by atoms with van der Waals surface area (Å²) in [6, 6.07) is 9.82. The molecule has 230 valence electrons. The van der Waals surface area contributed by atoms with Crippen molar-refractivity contribution in [3.8, 4) is 0 Å². The summed E-state index contributed by atoms with van der Waals surface area (Å²) in [4.78, 5) is 18.7. The van der Waals surface area contributed by atoms with E-state index >= 15 is 0 Å². The molecule has 1 amide bonds. The maximum absolute atomic E-state index is 13.9. The maximum atomic E-state index is 13.9. The van der Waals surface area contributed by atoms with Crippen LogP contribution in [0, 0.1) is 11.7 Å². The number of rotatable bonds is 6. The van der Waals surface area contributed by atoms with Gasteiger partial charge in [0, 0.05) is 42.9 Å². The molecule has 1 unspecified atom stereocenters. The molecule has 1 aliphatic heterocycles. The van der Waals surface area contributed by atoms with Crippen molar-refractivity contribution in [3.63, 3.8) is 0 Å². The zero-order chi connectivity index (χ0) is 31.4. The van der Waals surface area contributed by atoms with Crippen molar-refractivity contribution in [2.24, 2.45) is 5.92 Å². The summed E-state index contributed by atoms with van der Waals surface area (Å²) in [5, 5.41) is 9.77. The minimum atomic E-state index is -6.12. The molecule has 0 radical (unpaired) electrons. The van der Waals surface area contributed by atoms with Gasteiger partial charge in [0.25, 0.3) is 5.60 Å². The summed E-state index contributed by atoms with van der Waals surface area (Å²) in [6.07, 6.45) is -8.91. The molecule has 0 spiro atoms. The molecule has 14 heteroatoms. The minimum absolute atomic E-state index is 0.0493. The van der Waals surface area contributed by atoms with E-state index in [4.69, 9.17) is 0 Å². The predicted octanol–water partition coefficient (Wildman–Crippen LogP) is 5.63. The van der Waals surface area contributed by atoms with Gasteiger partial charge in [0.05, 0.1) is 4.90 Å². The van der Waals surface area contributed by atoms with Gasteiger partial charge in [0.1, 0.15) is 10.6 Å². The third-order valence-electron chi connectivity index (χ3n) is 8.47. The average molecular weight is 631 g/mol. The topological polar surface area (TPSA) is 87.6 Å². The van der Waals surface area contributed by atoms with Gasteiger partial charge in [-0.1, -0.05) is 24.3 Å². The van der Waals surface area contributed by atoms with Crippen LogP contribution in [0.1, 0.15) is 41.9 Å². The van der Waals surface area contributed by atoms with E-state index < -0.39 is 49.8 Å². The standard InChI is InChI=1S/C29H25F7N2O4S/c30-23-5-7-24(8-6-23)43(41,42)26(21-1-3-22(4-2-21)27(40,28(31,32)33)29(34,35)36)15-20(16-26)25(39)38-14-11-19(17-38)18-9-12-37-13-10-18/h1-10,12-13,19-20,40H,11,14-17H2. The summed E-state index contributed by atoms with van der Waals surface area (Å²) in [5.74, 6) is -1.79. The van der Waals surface area contributed by atoms with Gasteiger partial charge >= 0.3 is 12.4 Å². The van der Waals surface area contributed by atoms with E-state index in [2.05, 4.69) is 4.98 Å². The summed E-state index contributed by atoms with van der Waals surface area (Å²) < 4.78 is 120. The second kappa shape index (κ2) is 10.6. The zero-order valence-electron chi connectivity index (χ0n) is 22.2. The highest BCUT2D eigenvalue weighted by molar-refractivity contribution is 7.92. The van der Waals surface area contributed by atoms with Gasteiger partial charge in [-0.3, -0.25) is 9.78 Å². The van der Waals surface area contributed by atoms with Crippen LogP contribution in [-0.2, 0) is 25.0 Å². The van der Waals surface area contributed by atoms with Crippen molar-refractivity contribution in [2.75, 3.05) is 13.1 Å². The Morgan fingerprint density at radius 2 is 1.44 bits per heavy atom. The lowest BCUT2D eigenvalue weighted by Gasteiger charge is -2.47. The van der Waals surface area contributed by atoms with Crippen molar-refractivity contribution >= 4 is 15.7 Å². The number of amides is 1. The van der Waals surface area contributed by atoms with Gasteiger partial charge in [-0.25, -0.2) is 12.8 Å². The molecule has 1 aromatic heterocycles. The fraction of sp³-hybridized carbons (Fsp3) is 0.379. The number of hydrogen-bond donors (Lipinski definition) is 1. The van der Waals surface area contributed by atoms with Gasteiger partial charge in [0.15, 0.2) is 9.84 Å². The molecule has 1 N–H and O–H groups in total. The number of aliphatic hydroxyl groups is 1. The number of pyridine rings is 1. The first-order chi connectivity index (χ1) is 20.0. The van der Waals surface area contributed by atoms with E-state index in [0.717, 1.165) is 42.0 Å². The monoisotopic (exact) mass is 630 g/mol. The molecule has 5 rings (SSSR count). The van der Waals surface area contributed by atoms with Gasteiger partial charge < -0.3 is 10.0 Å². The van der Waals surface area contributed by atoms with E-state index in [0.29, 0.717) is 31.6 Å². The Bertz CT molecular complexity index is 1570. The second-order valence-electron chi connectivity index (χ2n) is 10.9. The van der Waals surface area contributed by atoms with Crippen molar-refractivity contribution in [3.05, 3.63) is 95.6 Å². The van der Waals surface area contributed by atoms with Crippen LogP contribution < -0.4 is 0 Å². The number of hydrogen-bond acceptors (Lipinski definition) is 5. The Balaban J connectivity index is 1.47. The quantitative estimate of drug-likeness (QED) is 0.282. The third-order valence-corrected chi connectivity index (χ3v) is 11.0. The molecule has 2 aliphatic rings. The number of alkyl halides is 6. The molecule has 1 saturated carbocycles. The van der Waals surface area contributed by atoms with E-state index in [1.165, 1.54) is 0 Å². The normalized spacial score (nSPS) is 23.2. The number of sulfone groups is 1. The number of benzene rings is 2. The molecule has 1 aliphatic carbocycles. The number of carbonyl (C=O) groups excluding carboxylic acids is 1. The largest absolute Gasteiger partial charge is 0.430 e. The van der Waals surface area contributed by atoms with Crippen molar-refractivity contribution < 1.29 is 49.1 Å². The van der Waals surface area contributed by atoms with Crippen LogP contribution in [0.15, 0.2) is 78.0 Å². The minimum Gasteiger partial charge on any atom is -0.369 e. The first-order valence-electron chi connectivity index (χ1n) is 13.2. The zero-order valence-corrected chi connectivity index (χ0v) is 23.1. The van der Waals surface area contributed by atoms with Gasteiger partial charge in [-0.2, -0.15) is 26.3 Å². The van der Waals surface area contributed by atoms with E-state index in [1.807, 2.05) is 12.1 Å². The van der Waals surface area contributed by atoms with Crippen molar-refractivity contribution in [2.45, 2.75) is 52.8 Å². The van der Waals surface area contributed by atoms with E-state index in [9.17, 15) is 49.1 Å². The summed E-state index contributed by atoms with van der Waals surface area (Å²) in [5.41, 5.74) is -5.91. The van der Waals surface area contributed by atoms with Gasteiger partial charge in [-0.15, -0.1) is 0 Å².